The van der Waals surface area contributed by atoms with Crippen molar-refractivity contribution in [1.29, 1.82) is 0 Å². The second-order valence-electron chi connectivity index (χ2n) is 6.70. The molecule has 2 aromatic heterocycles. The van der Waals surface area contributed by atoms with Crippen LogP contribution in [0.5, 0.6) is 0 Å². The summed E-state index contributed by atoms with van der Waals surface area (Å²) in [5.41, 5.74) is 1.25. The van der Waals surface area contributed by atoms with E-state index in [-0.39, 0.29) is 5.56 Å². The molecule has 1 N–H and O–H groups in total. The number of rotatable bonds is 3. The van der Waals surface area contributed by atoms with Crippen LogP contribution in [0.25, 0.3) is 22.2 Å². The lowest BCUT2D eigenvalue weighted by Gasteiger charge is -2.27. The predicted octanol–water partition coefficient (Wildman–Crippen LogP) is 4.79. The van der Waals surface area contributed by atoms with Gasteiger partial charge in [0.1, 0.15) is 11.5 Å². The van der Waals surface area contributed by atoms with Crippen LogP contribution in [0.3, 0.4) is 0 Å². The van der Waals surface area contributed by atoms with Crippen molar-refractivity contribution >= 4 is 20.9 Å². The van der Waals surface area contributed by atoms with Gasteiger partial charge in [0.25, 0.3) is 0 Å². The third kappa shape index (κ3) is 2.99. The smallest absolute Gasteiger partial charge is 0.346 e. The highest BCUT2D eigenvalue weighted by Gasteiger charge is 2.57. The number of hydrogen-bond acceptors (Lipinski definition) is 3. The van der Waals surface area contributed by atoms with Gasteiger partial charge in [0.05, 0.1) is 4.90 Å². The van der Waals surface area contributed by atoms with E-state index in [1.807, 2.05) is 0 Å². The van der Waals surface area contributed by atoms with Crippen LogP contribution in [0.15, 0.2) is 41.4 Å². The Kier molecular flexibility index (Phi) is 4.33. The SMILES string of the molecule is Cc1cc(-c2cc(S(=O)(=O)C(C)(C)C(F)(F)F)ccc2F)c2cc[nH]c2n1. The molecular formula is C18H16F4N2O2S. The van der Waals surface area contributed by atoms with Crippen LogP contribution >= 0.6 is 0 Å². The Morgan fingerprint density at radius 1 is 1.04 bits per heavy atom. The Morgan fingerprint density at radius 3 is 2.33 bits per heavy atom. The van der Waals surface area contributed by atoms with E-state index in [1.165, 1.54) is 0 Å². The topological polar surface area (TPSA) is 62.8 Å². The standard InChI is InChI=1S/C18H16F4N2O2S/c1-10-8-13(12-6-7-23-16(12)24-10)14-9-11(4-5-15(14)19)27(25,26)17(2,3)18(20,21)22/h4-9H,1-3H3,(H,23,24). The van der Waals surface area contributed by atoms with Gasteiger partial charge in [-0.15, -0.1) is 0 Å². The van der Waals surface area contributed by atoms with E-state index in [4.69, 9.17) is 0 Å². The van der Waals surface area contributed by atoms with Crippen LogP contribution in [-0.4, -0.2) is 29.3 Å². The summed E-state index contributed by atoms with van der Waals surface area (Å²) >= 11 is 0. The molecule has 0 saturated heterocycles. The zero-order chi connectivity index (χ0) is 20.2. The van der Waals surface area contributed by atoms with Crippen molar-refractivity contribution in [3.8, 4) is 11.1 Å². The van der Waals surface area contributed by atoms with Crippen LogP contribution in [0.1, 0.15) is 19.5 Å². The van der Waals surface area contributed by atoms with E-state index < -0.39 is 31.5 Å². The number of H-pyrrole nitrogens is 1. The van der Waals surface area contributed by atoms with Gasteiger partial charge in [-0.3, -0.25) is 0 Å². The lowest BCUT2D eigenvalue weighted by molar-refractivity contribution is -0.153. The Balaban J connectivity index is 2.26. The molecule has 1 aromatic carbocycles. The van der Waals surface area contributed by atoms with Crippen molar-refractivity contribution in [1.82, 2.24) is 9.97 Å². The Bertz CT molecular complexity index is 1130. The van der Waals surface area contributed by atoms with Crippen molar-refractivity contribution in [2.24, 2.45) is 0 Å². The van der Waals surface area contributed by atoms with Gasteiger partial charge in [-0.25, -0.2) is 17.8 Å². The number of benzene rings is 1. The van der Waals surface area contributed by atoms with Gasteiger partial charge in [0, 0.05) is 22.8 Å². The first kappa shape index (κ1) is 19.3. The molecule has 0 fully saturated rings. The Labute approximate surface area is 153 Å². The second kappa shape index (κ2) is 6.05. The molecule has 3 aromatic rings. The molecule has 0 aliphatic heterocycles. The van der Waals surface area contributed by atoms with E-state index >= 15 is 0 Å². The molecule has 0 aliphatic carbocycles. The highest BCUT2D eigenvalue weighted by Crippen LogP contribution is 2.41. The lowest BCUT2D eigenvalue weighted by atomic mass is 10.0. The third-order valence-electron chi connectivity index (χ3n) is 4.55. The van der Waals surface area contributed by atoms with E-state index in [0.29, 0.717) is 36.1 Å². The van der Waals surface area contributed by atoms with E-state index in [1.54, 1.807) is 25.3 Å². The minimum Gasteiger partial charge on any atom is -0.346 e. The summed E-state index contributed by atoms with van der Waals surface area (Å²) in [5, 5.41) is 0.532. The van der Waals surface area contributed by atoms with Gasteiger partial charge in [-0.2, -0.15) is 13.2 Å². The van der Waals surface area contributed by atoms with Crippen LogP contribution in [0.4, 0.5) is 17.6 Å². The molecule has 2 heterocycles. The number of aromatic amines is 1. The molecule has 0 atom stereocenters. The molecule has 144 valence electrons. The fourth-order valence-corrected chi connectivity index (χ4v) is 4.13. The fraction of sp³-hybridized carbons (Fsp3) is 0.278. The number of fused-ring (bicyclic) bond motifs is 1. The molecule has 0 amide bonds. The summed E-state index contributed by atoms with van der Waals surface area (Å²) < 4.78 is 76.5. The summed E-state index contributed by atoms with van der Waals surface area (Å²) in [7, 11) is -4.81. The predicted molar refractivity (Wildman–Crippen MR) is 93.5 cm³/mol. The third-order valence-corrected chi connectivity index (χ3v) is 7.00. The highest BCUT2D eigenvalue weighted by atomic mass is 32.2. The molecule has 27 heavy (non-hydrogen) atoms. The first-order valence-corrected chi connectivity index (χ1v) is 9.40. The zero-order valence-electron chi connectivity index (χ0n) is 14.6. The van der Waals surface area contributed by atoms with E-state index in [2.05, 4.69) is 9.97 Å². The molecule has 0 saturated carbocycles. The van der Waals surface area contributed by atoms with E-state index in [0.717, 1.165) is 18.2 Å². The minimum absolute atomic E-state index is 0.107. The monoisotopic (exact) mass is 400 g/mol. The first-order valence-electron chi connectivity index (χ1n) is 7.92. The molecule has 0 radical (unpaired) electrons. The average Bonchev–Trinajstić information content (AvgIpc) is 3.01. The second-order valence-corrected chi connectivity index (χ2v) is 9.20. The maximum Gasteiger partial charge on any atom is 0.408 e. The van der Waals surface area contributed by atoms with Gasteiger partial charge in [-0.05, 0) is 56.7 Å². The Morgan fingerprint density at radius 2 is 1.70 bits per heavy atom. The van der Waals surface area contributed by atoms with Gasteiger partial charge >= 0.3 is 6.18 Å². The normalized spacial score (nSPS) is 13.3. The van der Waals surface area contributed by atoms with Crippen LogP contribution < -0.4 is 0 Å². The van der Waals surface area contributed by atoms with Crippen molar-refractivity contribution in [2.45, 2.75) is 36.6 Å². The highest BCUT2D eigenvalue weighted by molar-refractivity contribution is 7.92. The molecule has 9 heteroatoms. The number of nitrogens with zero attached hydrogens (tertiary/aromatic N) is 1. The van der Waals surface area contributed by atoms with Crippen molar-refractivity contribution in [3.05, 3.63) is 48.0 Å². The molecule has 3 rings (SSSR count). The summed E-state index contributed by atoms with van der Waals surface area (Å²) in [4.78, 5) is 6.53. The average molecular weight is 400 g/mol. The van der Waals surface area contributed by atoms with E-state index in [9.17, 15) is 26.0 Å². The number of pyridine rings is 1. The number of sulfone groups is 1. The summed E-state index contributed by atoms with van der Waals surface area (Å²) in [5.74, 6) is -0.744. The summed E-state index contributed by atoms with van der Waals surface area (Å²) in [6.07, 6.45) is -3.40. The van der Waals surface area contributed by atoms with Gasteiger partial charge in [-0.1, -0.05) is 0 Å². The number of hydrogen-bond donors (Lipinski definition) is 1. The van der Waals surface area contributed by atoms with Gasteiger partial charge in [0.2, 0.25) is 0 Å². The number of aryl methyl sites for hydroxylation is 1. The molecule has 4 nitrogen and oxygen atoms in total. The van der Waals surface area contributed by atoms with Crippen LogP contribution in [0, 0.1) is 12.7 Å². The van der Waals surface area contributed by atoms with Gasteiger partial charge in [0.15, 0.2) is 14.6 Å². The number of alkyl halides is 3. The van der Waals surface area contributed by atoms with Crippen LogP contribution in [0.2, 0.25) is 0 Å². The largest absolute Gasteiger partial charge is 0.408 e. The molecule has 0 aliphatic rings. The quantitative estimate of drug-likeness (QED) is 0.508. The Hall–Kier alpha value is -2.42. The molecule has 0 bridgehead atoms. The lowest BCUT2D eigenvalue weighted by Crippen LogP contribution is -2.46. The first-order chi connectivity index (χ1) is 12.4. The van der Waals surface area contributed by atoms with Crippen LogP contribution in [-0.2, 0) is 9.84 Å². The van der Waals surface area contributed by atoms with Crippen molar-refractivity contribution in [2.75, 3.05) is 0 Å². The molecule has 0 unspecified atom stereocenters. The minimum atomic E-state index is -4.98. The summed E-state index contributed by atoms with van der Waals surface area (Å²) in [6, 6.07) is 5.85. The zero-order valence-corrected chi connectivity index (χ0v) is 15.5. The molecular weight excluding hydrogens is 384 g/mol. The summed E-state index contributed by atoms with van der Waals surface area (Å²) in [6.45, 7) is 2.85. The number of nitrogens with one attached hydrogen (secondary N) is 1. The fourth-order valence-electron chi connectivity index (χ4n) is 2.71. The number of halogens is 4. The maximum atomic E-state index is 14.5. The van der Waals surface area contributed by atoms with Crippen molar-refractivity contribution in [3.63, 3.8) is 0 Å². The number of aromatic nitrogens is 2. The van der Waals surface area contributed by atoms with Crippen molar-refractivity contribution < 1.29 is 26.0 Å². The van der Waals surface area contributed by atoms with Gasteiger partial charge < -0.3 is 4.98 Å². The maximum absolute atomic E-state index is 14.5. The molecule has 0 spiro atoms.